The van der Waals surface area contributed by atoms with Crippen LogP contribution in [-0.4, -0.2) is 52.1 Å². The molecule has 0 spiro atoms. The van der Waals surface area contributed by atoms with Gasteiger partial charge in [-0.05, 0) is 19.1 Å². The molecule has 9 nitrogen and oxygen atoms in total. The highest BCUT2D eigenvalue weighted by Gasteiger charge is 2.23. The molecule has 4 aromatic rings. The Balaban J connectivity index is 1.79. The number of benzene rings is 1. The quantitative estimate of drug-likeness (QED) is 0.351. The average molecular weight is 402 g/mol. The molecule has 0 amide bonds. The van der Waals surface area contributed by atoms with Gasteiger partial charge in [-0.3, -0.25) is 14.0 Å². The summed E-state index contributed by atoms with van der Waals surface area (Å²) in [7, 11) is 0. The van der Waals surface area contributed by atoms with Crippen molar-refractivity contribution in [3.8, 4) is 6.07 Å². The van der Waals surface area contributed by atoms with Crippen molar-refractivity contribution in [1.29, 1.82) is 5.26 Å². The smallest absolute Gasteiger partial charge is 0.266 e. The number of nitrogens with zero attached hydrogens (tertiary/aromatic N) is 5. The first kappa shape index (κ1) is 18.3. The molecule has 30 heavy (non-hydrogen) atoms. The second-order valence-electron chi connectivity index (χ2n) is 7.47. The number of aromatic amines is 1. The second kappa shape index (κ2) is 6.93. The molecule has 1 saturated heterocycles. The molecule has 0 atom stereocenters. The molecule has 1 fully saturated rings. The third kappa shape index (κ3) is 2.65. The van der Waals surface area contributed by atoms with Crippen LogP contribution in [0.5, 0.6) is 0 Å². The van der Waals surface area contributed by atoms with Gasteiger partial charge in [0.05, 0.1) is 55.3 Å². The van der Waals surface area contributed by atoms with E-state index in [2.05, 4.69) is 21.9 Å². The van der Waals surface area contributed by atoms with Gasteiger partial charge in [-0.2, -0.15) is 5.26 Å². The minimum absolute atomic E-state index is 0.0834. The Morgan fingerprint density at radius 1 is 1.23 bits per heavy atom. The lowest BCUT2D eigenvalue weighted by molar-refractivity contribution is -0.898. The molecule has 0 bridgehead atoms. The van der Waals surface area contributed by atoms with E-state index in [1.165, 1.54) is 15.5 Å². The van der Waals surface area contributed by atoms with Crippen LogP contribution in [0.4, 0.5) is 5.95 Å². The maximum absolute atomic E-state index is 13.2. The van der Waals surface area contributed by atoms with E-state index in [0.717, 1.165) is 32.7 Å². The van der Waals surface area contributed by atoms with Crippen molar-refractivity contribution in [3.05, 3.63) is 56.6 Å². The van der Waals surface area contributed by atoms with Gasteiger partial charge in [-0.1, -0.05) is 12.1 Å². The van der Waals surface area contributed by atoms with Crippen LogP contribution < -0.4 is 20.8 Å². The number of rotatable bonds is 2. The zero-order chi connectivity index (χ0) is 20.8. The van der Waals surface area contributed by atoms with Crippen LogP contribution in [0.3, 0.4) is 0 Å². The highest BCUT2D eigenvalue weighted by atomic mass is 16.1. The van der Waals surface area contributed by atoms with Gasteiger partial charge in [0.2, 0.25) is 11.4 Å². The van der Waals surface area contributed by atoms with E-state index in [0.29, 0.717) is 22.4 Å². The summed E-state index contributed by atoms with van der Waals surface area (Å²) < 4.78 is 1.33. The van der Waals surface area contributed by atoms with E-state index >= 15 is 0 Å². The second-order valence-corrected chi connectivity index (χ2v) is 7.47. The molecule has 1 aromatic carbocycles. The minimum Gasteiger partial charge on any atom is -0.339 e. The summed E-state index contributed by atoms with van der Waals surface area (Å²) in [5, 5.41) is 10.1. The van der Waals surface area contributed by atoms with Crippen molar-refractivity contribution in [3.63, 3.8) is 0 Å². The number of nitriles is 1. The SMILES string of the molecule is CC[NH+]1CCN(c2ncc3c(n2)c(=O)c(C#N)c2[nH]c4ccccc4c(=O)n23)CC1. The van der Waals surface area contributed by atoms with E-state index in [-0.39, 0.29) is 22.3 Å². The highest BCUT2D eigenvalue weighted by molar-refractivity contribution is 5.86. The van der Waals surface area contributed by atoms with E-state index in [4.69, 9.17) is 0 Å². The van der Waals surface area contributed by atoms with Crippen molar-refractivity contribution in [1.82, 2.24) is 19.4 Å². The van der Waals surface area contributed by atoms with Gasteiger partial charge in [-0.25, -0.2) is 9.97 Å². The van der Waals surface area contributed by atoms with Crippen molar-refractivity contribution in [2.75, 3.05) is 37.6 Å². The Morgan fingerprint density at radius 2 is 2.00 bits per heavy atom. The molecule has 1 aliphatic rings. The summed E-state index contributed by atoms with van der Waals surface area (Å²) >= 11 is 0. The number of fused-ring (bicyclic) bond motifs is 4. The van der Waals surface area contributed by atoms with Crippen molar-refractivity contribution in [2.45, 2.75) is 6.92 Å². The molecule has 9 heteroatoms. The van der Waals surface area contributed by atoms with Crippen molar-refractivity contribution < 1.29 is 4.90 Å². The number of hydrogen-bond donors (Lipinski definition) is 2. The van der Waals surface area contributed by atoms with Crippen LogP contribution in [0.1, 0.15) is 12.5 Å². The number of para-hydroxylation sites is 1. The molecular weight excluding hydrogens is 382 g/mol. The molecule has 2 N–H and O–H groups in total. The number of piperazine rings is 1. The maximum Gasteiger partial charge on any atom is 0.266 e. The van der Waals surface area contributed by atoms with Gasteiger partial charge in [-0.15, -0.1) is 0 Å². The summed E-state index contributed by atoms with van der Waals surface area (Å²) in [5.74, 6) is 0.454. The van der Waals surface area contributed by atoms with Crippen LogP contribution >= 0.6 is 0 Å². The summed E-state index contributed by atoms with van der Waals surface area (Å²) in [4.78, 5) is 41.9. The summed E-state index contributed by atoms with van der Waals surface area (Å²) in [6, 6.07) is 8.95. The van der Waals surface area contributed by atoms with Gasteiger partial charge in [0.1, 0.15) is 22.8 Å². The summed E-state index contributed by atoms with van der Waals surface area (Å²) in [6.07, 6.45) is 1.51. The molecule has 5 rings (SSSR count). The number of likely N-dealkylation sites (N-methyl/N-ethyl adjacent to an activating group) is 1. The molecule has 4 heterocycles. The Labute approximate surface area is 170 Å². The highest BCUT2D eigenvalue weighted by Crippen LogP contribution is 2.17. The van der Waals surface area contributed by atoms with Gasteiger partial charge >= 0.3 is 0 Å². The fourth-order valence-electron chi connectivity index (χ4n) is 4.14. The molecule has 150 valence electrons. The van der Waals surface area contributed by atoms with Gasteiger partial charge in [0.25, 0.3) is 5.56 Å². The average Bonchev–Trinajstić information content (AvgIpc) is 2.79. The Bertz CT molecular complexity index is 1460. The maximum atomic E-state index is 13.2. The fourth-order valence-corrected chi connectivity index (χ4v) is 4.14. The largest absolute Gasteiger partial charge is 0.339 e. The number of aromatic nitrogens is 4. The molecule has 1 aliphatic heterocycles. The number of H-pyrrole nitrogens is 1. The molecule has 0 radical (unpaired) electrons. The van der Waals surface area contributed by atoms with Crippen LogP contribution in [0.15, 0.2) is 40.1 Å². The zero-order valence-corrected chi connectivity index (χ0v) is 16.5. The zero-order valence-electron chi connectivity index (χ0n) is 16.5. The van der Waals surface area contributed by atoms with E-state index in [1.54, 1.807) is 24.3 Å². The number of pyridine rings is 1. The molecule has 0 aliphatic carbocycles. The summed E-state index contributed by atoms with van der Waals surface area (Å²) in [5.41, 5.74) is 0.150. The first-order valence-corrected chi connectivity index (χ1v) is 9.97. The van der Waals surface area contributed by atoms with Crippen LogP contribution in [-0.2, 0) is 0 Å². The van der Waals surface area contributed by atoms with E-state index in [9.17, 15) is 14.9 Å². The minimum atomic E-state index is -0.500. The van der Waals surface area contributed by atoms with E-state index in [1.807, 2.05) is 11.0 Å². The fraction of sp³-hybridized carbons (Fsp3) is 0.286. The Morgan fingerprint density at radius 3 is 2.73 bits per heavy atom. The predicted octanol–water partition coefficient (Wildman–Crippen LogP) is -0.319. The lowest BCUT2D eigenvalue weighted by Gasteiger charge is -2.31. The van der Waals surface area contributed by atoms with Gasteiger partial charge in [0.15, 0.2) is 0 Å². The van der Waals surface area contributed by atoms with Crippen molar-refractivity contribution >= 4 is 33.5 Å². The molecule has 0 saturated carbocycles. The number of nitrogens with one attached hydrogen (secondary N) is 2. The van der Waals surface area contributed by atoms with Gasteiger partial charge < -0.3 is 14.8 Å². The number of anilines is 1. The third-order valence-corrected chi connectivity index (χ3v) is 5.88. The van der Waals surface area contributed by atoms with Crippen molar-refractivity contribution in [2.24, 2.45) is 0 Å². The van der Waals surface area contributed by atoms with Gasteiger partial charge in [0, 0.05) is 0 Å². The standard InChI is InChI=1S/C21H19N7O2/c1-2-26-7-9-27(10-8-26)21-23-12-16-17(25-21)18(29)14(11-22)19-24-15-6-4-3-5-13(15)20(30)28(16)19/h3-6,12,24H,2,7-10H2,1H3/p+1. The lowest BCUT2D eigenvalue weighted by atomic mass is 10.2. The topological polar surface area (TPSA) is 112 Å². The molecule has 3 aromatic heterocycles. The predicted molar refractivity (Wildman–Crippen MR) is 113 cm³/mol. The van der Waals surface area contributed by atoms with Crippen LogP contribution in [0.25, 0.3) is 27.6 Å². The number of hydrogen-bond acceptors (Lipinski definition) is 6. The third-order valence-electron chi connectivity index (χ3n) is 5.88. The monoisotopic (exact) mass is 402 g/mol. The summed E-state index contributed by atoms with van der Waals surface area (Å²) in [6.45, 7) is 6.77. The Hall–Kier alpha value is -3.77. The van der Waals surface area contributed by atoms with Crippen LogP contribution in [0.2, 0.25) is 0 Å². The first-order chi connectivity index (χ1) is 14.6. The molecular formula is C21H20N7O2+. The normalized spacial score (nSPS) is 15.1. The van der Waals surface area contributed by atoms with E-state index < -0.39 is 5.43 Å². The number of quaternary nitrogens is 1. The lowest BCUT2D eigenvalue weighted by Crippen LogP contribution is -3.14. The van der Waals surface area contributed by atoms with Crippen LogP contribution in [0, 0.1) is 11.3 Å². The Kier molecular flexibility index (Phi) is 4.22. The first-order valence-electron chi connectivity index (χ1n) is 9.97. The molecule has 0 unspecified atom stereocenters.